The molecule has 146 valence electrons. The molecule has 4 nitrogen and oxygen atoms in total. The maximum absolute atomic E-state index is 13.4. The zero-order valence-corrected chi connectivity index (χ0v) is 18.0. The molecule has 0 bridgehead atoms. The number of hydrogen-bond donors (Lipinski definition) is 0. The number of benzene rings is 2. The lowest BCUT2D eigenvalue weighted by Gasteiger charge is -2.24. The summed E-state index contributed by atoms with van der Waals surface area (Å²) in [7, 11) is -2.77. The minimum atomic E-state index is -2.77. The maximum Gasteiger partial charge on any atom is 0.320 e. The van der Waals surface area contributed by atoms with E-state index in [2.05, 4.69) is 20.8 Å². The summed E-state index contributed by atoms with van der Waals surface area (Å²) in [5.74, 6) is -0.199. The fraction of sp³-hybridized carbons (Fsp3) is 0.409. The molecule has 0 aliphatic heterocycles. The highest BCUT2D eigenvalue weighted by Gasteiger charge is 2.28. The SMILES string of the molecule is CCO[PH](=O)OC(C(=O)c1c(C)cc(C(C)(C)C)cc1C)c1ccccc1. The van der Waals surface area contributed by atoms with Crippen molar-refractivity contribution in [2.24, 2.45) is 0 Å². The molecule has 2 unspecified atom stereocenters. The third kappa shape index (κ3) is 5.38. The van der Waals surface area contributed by atoms with Crippen LogP contribution in [0.2, 0.25) is 0 Å². The van der Waals surface area contributed by atoms with Crippen molar-refractivity contribution in [3.8, 4) is 0 Å². The molecule has 0 amide bonds. The van der Waals surface area contributed by atoms with Crippen molar-refractivity contribution in [3.05, 3.63) is 70.3 Å². The molecule has 0 saturated carbocycles. The number of carbonyl (C=O) groups is 1. The Morgan fingerprint density at radius 3 is 2.11 bits per heavy atom. The van der Waals surface area contributed by atoms with Gasteiger partial charge in [0.2, 0.25) is 0 Å². The third-order valence-electron chi connectivity index (χ3n) is 4.46. The first-order chi connectivity index (χ1) is 12.6. The lowest BCUT2D eigenvalue weighted by Crippen LogP contribution is -2.19. The molecule has 0 aliphatic carbocycles. The largest absolute Gasteiger partial charge is 0.320 e. The van der Waals surface area contributed by atoms with Crippen LogP contribution in [0.15, 0.2) is 42.5 Å². The van der Waals surface area contributed by atoms with Crippen molar-refractivity contribution in [1.29, 1.82) is 0 Å². The number of Topliss-reactive ketones (excluding diaryl/α,β-unsaturated/α-hetero) is 1. The molecule has 0 aromatic heterocycles. The molecule has 0 aliphatic rings. The van der Waals surface area contributed by atoms with E-state index in [4.69, 9.17) is 9.05 Å². The second kappa shape index (κ2) is 8.97. The zero-order valence-electron chi connectivity index (χ0n) is 17.0. The van der Waals surface area contributed by atoms with Gasteiger partial charge in [0.15, 0.2) is 11.9 Å². The number of hydrogen-bond acceptors (Lipinski definition) is 4. The van der Waals surface area contributed by atoms with Crippen LogP contribution < -0.4 is 0 Å². The van der Waals surface area contributed by atoms with Crippen LogP contribution in [0.1, 0.15) is 66.4 Å². The van der Waals surface area contributed by atoms with Gasteiger partial charge in [0.1, 0.15) is 0 Å². The normalized spacial score (nSPS) is 14.0. The van der Waals surface area contributed by atoms with Crippen LogP contribution in [-0.4, -0.2) is 12.4 Å². The summed E-state index contributed by atoms with van der Waals surface area (Å²) in [6, 6.07) is 13.2. The van der Waals surface area contributed by atoms with Crippen molar-refractivity contribution >= 4 is 14.0 Å². The summed E-state index contributed by atoms with van der Waals surface area (Å²) in [5.41, 5.74) is 4.24. The minimum Gasteiger partial charge on any atom is -0.311 e. The van der Waals surface area contributed by atoms with Gasteiger partial charge < -0.3 is 4.52 Å². The summed E-state index contributed by atoms with van der Waals surface area (Å²) < 4.78 is 22.8. The molecular formula is C22H29O4P. The predicted octanol–water partition coefficient (Wildman–Crippen LogP) is 5.97. The molecule has 2 rings (SSSR count). The van der Waals surface area contributed by atoms with Gasteiger partial charge >= 0.3 is 8.25 Å². The Balaban J connectivity index is 2.48. The lowest BCUT2D eigenvalue weighted by molar-refractivity contribution is 0.0767. The van der Waals surface area contributed by atoms with Crippen molar-refractivity contribution in [2.75, 3.05) is 6.61 Å². The van der Waals surface area contributed by atoms with E-state index in [0.717, 1.165) is 11.1 Å². The van der Waals surface area contributed by atoms with Gasteiger partial charge in [0, 0.05) is 5.56 Å². The van der Waals surface area contributed by atoms with E-state index in [1.807, 2.05) is 44.2 Å². The second-order valence-electron chi connectivity index (χ2n) is 7.69. The Morgan fingerprint density at radius 1 is 1.07 bits per heavy atom. The predicted molar refractivity (Wildman–Crippen MR) is 110 cm³/mol. The summed E-state index contributed by atoms with van der Waals surface area (Å²) in [5, 5.41) is 0. The van der Waals surface area contributed by atoms with Gasteiger partial charge in [-0.3, -0.25) is 13.9 Å². The first-order valence-corrected chi connectivity index (χ1v) is 10.4. The third-order valence-corrected chi connectivity index (χ3v) is 5.41. The maximum atomic E-state index is 13.4. The molecule has 0 N–H and O–H groups in total. The van der Waals surface area contributed by atoms with Gasteiger partial charge in [-0.2, -0.15) is 0 Å². The molecule has 0 spiro atoms. The number of rotatable bonds is 7. The quantitative estimate of drug-likeness (QED) is 0.433. The van der Waals surface area contributed by atoms with E-state index in [1.54, 1.807) is 19.1 Å². The summed E-state index contributed by atoms with van der Waals surface area (Å²) in [6.45, 7) is 12.3. The molecule has 0 heterocycles. The molecule has 2 aromatic carbocycles. The summed E-state index contributed by atoms with van der Waals surface area (Å²) >= 11 is 0. The Labute approximate surface area is 162 Å². The lowest BCUT2D eigenvalue weighted by atomic mass is 9.82. The number of carbonyl (C=O) groups excluding carboxylic acids is 1. The summed E-state index contributed by atoms with van der Waals surface area (Å²) in [4.78, 5) is 13.4. The van der Waals surface area contributed by atoms with E-state index in [9.17, 15) is 9.36 Å². The standard InChI is InChI=1S/C22H29O4P/c1-7-25-27(24)26-21(17-11-9-8-10-12-17)20(23)19-15(2)13-18(14-16(19)3)22(4,5)6/h8-14,21,27H,7H2,1-6H3. The van der Waals surface area contributed by atoms with Gasteiger partial charge in [0.25, 0.3) is 0 Å². The molecule has 0 radical (unpaired) electrons. The highest BCUT2D eigenvalue weighted by Crippen LogP contribution is 2.37. The van der Waals surface area contributed by atoms with Crippen LogP contribution in [0.5, 0.6) is 0 Å². The highest BCUT2D eigenvalue weighted by molar-refractivity contribution is 7.33. The molecule has 0 saturated heterocycles. The zero-order chi connectivity index (χ0) is 20.2. The van der Waals surface area contributed by atoms with Gasteiger partial charge in [-0.25, -0.2) is 0 Å². The molecular weight excluding hydrogens is 359 g/mol. The smallest absolute Gasteiger partial charge is 0.311 e. The minimum absolute atomic E-state index is 0.00736. The van der Waals surface area contributed by atoms with Crippen LogP contribution >= 0.6 is 8.25 Å². The molecule has 0 fully saturated rings. The Morgan fingerprint density at radius 2 is 1.63 bits per heavy atom. The van der Waals surface area contributed by atoms with Crippen LogP contribution in [0.4, 0.5) is 0 Å². The van der Waals surface area contributed by atoms with E-state index >= 15 is 0 Å². The molecule has 27 heavy (non-hydrogen) atoms. The molecule has 2 aromatic rings. The topological polar surface area (TPSA) is 52.6 Å². The number of aryl methyl sites for hydroxylation is 2. The van der Waals surface area contributed by atoms with Gasteiger partial charge in [-0.05, 0) is 48.4 Å². The highest BCUT2D eigenvalue weighted by atomic mass is 31.1. The van der Waals surface area contributed by atoms with Gasteiger partial charge in [0.05, 0.1) is 6.61 Å². The Kier molecular flexibility index (Phi) is 7.16. The van der Waals surface area contributed by atoms with Crippen molar-refractivity contribution < 1.29 is 18.4 Å². The van der Waals surface area contributed by atoms with Crippen molar-refractivity contribution in [3.63, 3.8) is 0 Å². The molecule has 2 atom stereocenters. The van der Waals surface area contributed by atoms with E-state index in [1.165, 1.54) is 5.56 Å². The van der Waals surface area contributed by atoms with Crippen LogP contribution in [0, 0.1) is 13.8 Å². The fourth-order valence-electron chi connectivity index (χ4n) is 3.07. The van der Waals surface area contributed by atoms with Crippen molar-refractivity contribution in [2.45, 2.75) is 53.1 Å². The van der Waals surface area contributed by atoms with Crippen LogP contribution in [0.3, 0.4) is 0 Å². The Hall–Kier alpha value is -1.74. The Bertz CT molecular complexity index is 799. The average Bonchev–Trinajstić information content (AvgIpc) is 2.59. The second-order valence-corrected chi connectivity index (χ2v) is 8.72. The van der Waals surface area contributed by atoms with E-state index in [-0.39, 0.29) is 17.8 Å². The average molecular weight is 388 g/mol. The molecule has 5 heteroatoms. The first-order valence-electron chi connectivity index (χ1n) is 9.19. The first kappa shape index (κ1) is 21.6. The summed E-state index contributed by atoms with van der Waals surface area (Å²) in [6.07, 6.45) is -0.956. The van der Waals surface area contributed by atoms with Crippen LogP contribution in [0.25, 0.3) is 0 Å². The monoisotopic (exact) mass is 388 g/mol. The van der Waals surface area contributed by atoms with E-state index in [0.29, 0.717) is 11.1 Å². The van der Waals surface area contributed by atoms with Crippen LogP contribution in [-0.2, 0) is 19.0 Å². The fourth-order valence-corrected chi connectivity index (χ4v) is 3.80. The van der Waals surface area contributed by atoms with Gasteiger partial charge in [-0.1, -0.05) is 63.2 Å². The number of ketones is 1. The van der Waals surface area contributed by atoms with Crippen molar-refractivity contribution in [1.82, 2.24) is 0 Å². The van der Waals surface area contributed by atoms with E-state index < -0.39 is 14.4 Å². The van der Waals surface area contributed by atoms with Gasteiger partial charge in [-0.15, -0.1) is 0 Å².